The lowest BCUT2D eigenvalue weighted by atomic mass is 10.1. The Hall–Kier alpha value is -1.44. The highest BCUT2D eigenvalue weighted by molar-refractivity contribution is 7.15. The molecule has 1 amide bonds. The molecule has 3 rings (SSSR count). The van der Waals surface area contributed by atoms with Crippen molar-refractivity contribution in [1.29, 1.82) is 0 Å². The quantitative estimate of drug-likeness (QED) is 0.843. The molecule has 2 aromatic rings. The molecule has 0 N–H and O–H groups in total. The molecule has 112 valence electrons. The van der Waals surface area contributed by atoms with Crippen LogP contribution in [-0.2, 0) is 9.53 Å². The van der Waals surface area contributed by atoms with Crippen molar-refractivity contribution in [3.8, 4) is 11.4 Å². The fourth-order valence-electron chi connectivity index (χ4n) is 2.32. The molecule has 6 nitrogen and oxygen atoms in total. The summed E-state index contributed by atoms with van der Waals surface area (Å²) in [5.74, 6) is 0.984. The van der Waals surface area contributed by atoms with Gasteiger partial charge < -0.3 is 14.2 Å². The first-order chi connectivity index (χ1) is 10.2. The fraction of sp³-hybridized carbons (Fsp3) is 0.462. The highest BCUT2D eigenvalue weighted by Gasteiger charge is 2.34. The largest absolute Gasteiger partial charge is 0.383 e. The van der Waals surface area contributed by atoms with Crippen molar-refractivity contribution in [1.82, 2.24) is 15.0 Å². The van der Waals surface area contributed by atoms with Gasteiger partial charge in [-0.3, -0.25) is 4.79 Å². The maximum Gasteiger partial charge on any atom is 0.232 e. The number of nitrogens with zero attached hydrogens (tertiary/aromatic N) is 3. The Labute approximate surface area is 130 Å². The Bertz CT molecular complexity index is 642. The molecule has 1 fully saturated rings. The molecule has 1 saturated heterocycles. The van der Waals surface area contributed by atoms with Gasteiger partial charge in [-0.05, 0) is 11.4 Å². The van der Waals surface area contributed by atoms with Crippen molar-refractivity contribution in [2.24, 2.45) is 0 Å². The molecule has 0 aliphatic carbocycles. The van der Waals surface area contributed by atoms with E-state index in [-0.39, 0.29) is 11.8 Å². The van der Waals surface area contributed by atoms with E-state index in [1.54, 1.807) is 12.0 Å². The molecule has 3 heterocycles. The Morgan fingerprint density at radius 1 is 1.62 bits per heavy atom. The van der Waals surface area contributed by atoms with Crippen LogP contribution in [0.1, 0.15) is 18.2 Å². The van der Waals surface area contributed by atoms with Gasteiger partial charge in [0.15, 0.2) is 0 Å². The van der Waals surface area contributed by atoms with Crippen molar-refractivity contribution >= 4 is 28.8 Å². The lowest BCUT2D eigenvalue weighted by Crippen LogP contribution is -2.28. The Morgan fingerprint density at radius 3 is 3.19 bits per heavy atom. The monoisotopic (exact) mass is 327 g/mol. The van der Waals surface area contributed by atoms with Crippen LogP contribution in [0.3, 0.4) is 0 Å². The minimum absolute atomic E-state index is 0.0620. The number of carbonyl (C=O) groups is 1. The third-order valence-electron chi connectivity index (χ3n) is 3.43. The number of ether oxygens (including phenoxy) is 1. The van der Waals surface area contributed by atoms with E-state index in [4.69, 9.17) is 20.9 Å². The first-order valence-electron chi connectivity index (χ1n) is 6.52. The number of hydrogen-bond donors (Lipinski definition) is 0. The number of likely N-dealkylation sites (tertiary alicyclic amines) is 1. The minimum Gasteiger partial charge on any atom is -0.383 e. The predicted molar refractivity (Wildman–Crippen MR) is 78.4 cm³/mol. The second-order valence-corrected chi connectivity index (χ2v) is 6.32. The summed E-state index contributed by atoms with van der Waals surface area (Å²) in [7, 11) is 1.62. The lowest BCUT2D eigenvalue weighted by molar-refractivity contribution is -0.128. The van der Waals surface area contributed by atoms with Gasteiger partial charge in [0.1, 0.15) is 4.34 Å². The average molecular weight is 328 g/mol. The molecular weight excluding hydrogens is 314 g/mol. The van der Waals surface area contributed by atoms with E-state index in [1.165, 1.54) is 11.3 Å². The normalized spacial score (nSPS) is 18.7. The molecule has 2 aromatic heterocycles. The number of methoxy groups -OCH3 is 1. The van der Waals surface area contributed by atoms with Gasteiger partial charge in [0.25, 0.3) is 0 Å². The summed E-state index contributed by atoms with van der Waals surface area (Å²) < 4.78 is 10.9. The molecule has 0 aromatic carbocycles. The van der Waals surface area contributed by atoms with Crippen LogP contribution in [0.15, 0.2) is 16.0 Å². The molecule has 21 heavy (non-hydrogen) atoms. The maximum absolute atomic E-state index is 11.9. The van der Waals surface area contributed by atoms with Crippen molar-refractivity contribution in [3.63, 3.8) is 0 Å². The molecular formula is C13H14ClN3O3S. The zero-order valence-electron chi connectivity index (χ0n) is 11.4. The van der Waals surface area contributed by atoms with E-state index < -0.39 is 0 Å². The van der Waals surface area contributed by atoms with Gasteiger partial charge in [-0.15, -0.1) is 11.3 Å². The van der Waals surface area contributed by atoms with Crippen molar-refractivity contribution in [2.45, 2.75) is 12.3 Å². The smallest absolute Gasteiger partial charge is 0.232 e. The summed E-state index contributed by atoms with van der Waals surface area (Å²) in [5.41, 5.74) is 0.761. The molecule has 0 radical (unpaired) electrons. The standard InChI is InChI=1S/C13H14ClN3O3S/c1-19-4-3-17-7-8(6-10(17)18)13-15-12(16-20-13)9-2-5-21-11(9)14/h2,5,8H,3-4,6-7H2,1H3. The highest BCUT2D eigenvalue weighted by Crippen LogP contribution is 2.33. The van der Waals surface area contributed by atoms with Gasteiger partial charge in [0.2, 0.25) is 17.6 Å². The number of hydrogen-bond acceptors (Lipinski definition) is 6. The highest BCUT2D eigenvalue weighted by atomic mass is 35.5. The topological polar surface area (TPSA) is 68.5 Å². The van der Waals surface area contributed by atoms with Crippen LogP contribution in [0.25, 0.3) is 11.4 Å². The zero-order valence-corrected chi connectivity index (χ0v) is 13.0. The Balaban J connectivity index is 1.73. The van der Waals surface area contributed by atoms with E-state index in [9.17, 15) is 4.79 Å². The van der Waals surface area contributed by atoms with Crippen LogP contribution in [0.5, 0.6) is 0 Å². The van der Waals surface area contributed by atoms with Gasteiger partial charge in [-0.1, -0.05) is 16.8 Å². The predicted octanol–water partition coefficient (Wildman–Crippen LogP) is 2.41. The molecule has 8 heteroatoms. The van der Waals surface area contributed by atoms with E-state index in [0.717, 1.165) is 5.56 Å². The van der Waals surface area contributed by atoms with Gasteiger partial charge in [-0.2, -0.15) is 4.98 Å². The molecule has 1 atom stereocenters. The second-order valence-electron chi connectivity index (χ2n) is 4.80. The SMILES string of the molecule is COCCN1CC(c2nc(-c3ccsc3Cl)no2)CC1=O. The molecule has 1 aliphatic heterocycles. The molecule has 0 bridgehead atoms. The first kappa shape index (κ1) is 14.5. The van der Waals surface area contributed by atoms with E-state index >= 15 is 0 Å². The van der Waals surface area contributed by atoms with Crippen LogP contribution in [-0.4, -0.2) is 47.8 Å². The number of carbonyl (C=O) groups excluding carboxylic acids is 1. The number of aromatic nitrogens is 2. The van der Waals surface area contributed by atoms with E-state index in [2.05, 4.69) is 10.1 Å². The van der Waals surface area contributed by atoms with Crippen LogP contribution in [0.4, 0.5) is 0 Å². The second kappa shape index (κ2) is 6.13. The summed E-state index contributed by atoms with van der Waals surface area (Å²) in [6.07, 6.45) is 0.392. The summed E-state index contributed by atoms with van der Waals surface area (Å²) >= 11 is 7.49. The van der Waals surface area contributed by atoms with Crippen LogP contribution in [0.2, 0.25) is 4.34 Å². The van der Waals surface area contributed by atoms with Gasteiger partial charge in [-0.25, -0.2) is 0 Å². The van der Waals surface area contributed by atoms with Crippen LogP contribution in [0, 0.1) is 0 Å². The Morgan fingerprint density at radius 2 is 2.48 bits per heavy atom. The first-order valence-corrected chi connectivity index (χ1v) is 7.78. The maximum atomic E-state index is 11.9. The third-order valence-corrected chi connectivity index (χ3v) is 4.60. The fourth-order valence-corrected chi connectivity index (χ4v) is 3.23. The summed E-state index contributed by atoms with van der Waals surface area (Å²) in [6, 6.07) is 1.85. The average Bonchev–Trinajstić information content (AvgIpc) is 3.16. The van der Waals surface area contributed by atoms with Gasteiger partial charge in [0.05, 0.1) is 18.1 Å². The van der Waals surface area contributed by atoms with Crippen LogP contribution >= 0.6 is 22.9 Å². The Kier molecular flexibility index (Phi) is 4.23. The number of halogens is 1. The number of thiophene rings is 1. The van der Waals surface area contributed by atoms with E-state index in [1.807, 2.05) is 11.4 Å². The molecule has 1 aliphatic rings. The molecule has 0 saturated carbocycles. The third kappa shape index (κ3) is 2.95. The minimum atomic E-state index is -0.0620. The molecule has 1 unspecified atom stereocenters. The number of rotatable bonds is 5. The van der Waals surface area contributed by atoms with Crippen LogP contribution < -0.4 is 0 Å². The van der Waals surface area contributed by atoms with Crippen molar-refractivity contribution in [3.05, 3.63) is 21.7 Å². The summed E-state index contributed by atoms with van der Waals surface area (Å²) in [4.78, 5) is 18.1. The summed E-state index contributed by atoms with van der Waals surface area (Å²) in [6.45, 7) is 1.70. The van der Waals surface area contributed by atoms with Gasteiger partial charge >= 0.3 is 0 Å². The van der Waals surface area contributed by atoms with Crippen molar-refractivity contribution in [2.75, 3.05) is 26.8 Å². The summed E-state index contributed by atoms with van der Waals surface area (Å²) in [5, 5.41) is 5.83. The number of amides is 1. The zero-order chi connectivity index (χ0) is 14.8. The van der Waals surface area contributed by atoms with E-state index in [0.29, 0.717) is 42.2 Å². The lowest BCUT2D eigenvalue weighted by Gasteiger charge is -2.14. The molecule has 0 spiro atoms. The van der Waals surface area contributed by atoms with Crippen molar-refractivity contribution < 1.29 is 14.1 Å². The van der Waals surface area contributed by atoms with Gasteiger partial charge in [0, 0.05) is 26.6 Å².